The number of carbonyl (C=O) groups is 2. The third-order valence-electron chi connectivity index (χ3n) is 5.63. The summed E-state index contributed by atoms with van der Waals surface area (Å²) in [6.45, 7) is 7.23. The zero-order valence-electron chi connectivity index (χ0n) is 20.0. The van der Waals surface area contributed by atoms with Crippen molar-refractivity contribution in [3.8, 4) is 0 Å². The van der Waals surface area contributed by atoms with E-state index in [4.69, 9.17) is 14.8 Å². The monoisotopic (exact) mass is 464 g/mol. The number of likely N-dealkylation sites (tertiary alicyclic amines) is 1. The molecule has 1 heterocycles. The second-order valence-electron chi connectivity index (χ2n) is 9.57. The van der Waals surface area contributed by atoms with Crippen LogP contribution in [0, 0.1) is 0 Å². The predicted molar refractivity (Wildman–Crippen MR) is 133 cm³/mol. The highest BCUT2D eigenvalue weighted by Gasteiger charge is 2.25. The van der Waals surface area contributed by atoms with E-state index in [9.17, 15) is 9.59 Å². The molecule has 1 aliphatic heterocycles. The van der Waals surface area contributed by atoms with Gasteiger partial charge in [-0.1, -0.05) is 48.4 Å². The first kappa shape index (κ1) is 25.5. The molecule has 0 saturated carbocycles. The number of hydrogen-bond acceptors (Lipinski definition) is 5. The summed E-state index contributed by atoms with van der Waals surface area (Å²) in [7, 11) is -1.52. The molecule has 7 nitrogen and oxygen atoms in total. The van der Waals surface area contributed by atoms with Gasteiger partial charge in [-0.15, -0.1) is 0 Å². The van der Waals surface area contributed by atoms with Gasteiger partial charge in [0.1, 0.15) is 5.60 Å². The lowest BCUT2D eigenvalue weighted by Crippen LogP contribution is -2.38. The molecule has 2 aromatic rings. The highest BCUT2D eigenvalue weighted by molar-refractivity contribution is 6.48. The Morgan fingerprint density at radius 3 is 2.50 bits per heavy atom. The van der Waals surface area contributed by atoms with E-state index in [-0.39, 0.29) is 5.91 Å². The van der Waals surface area contributed by atoms with Crippen molar-refractivity contribution in [1.29, 1.82) is 0 Å². The molecule has 1 aliphatic rings. The molecule has 2 amide bonds. The average Bonchev–Trinajstić information content (AvgIpc) is 2.80. The van der Waals surface area contributed by atoms with Gasteiger partial charge < -0.3 is 25.0 Å². The van der Waals surface area contributed by atoms with Crippen LogP contribution in [-0.4, -0.2) is 52.8 Å². The first-order valence-corrected chi connectivity index (χ1v) is 11.6. The Morgan fingerprint density at radius 1 is 1.12 bits per heavy atom. The van der Waals surface area contributed by atoms with Crippen molar-refractivity contribution in [2.24, 2.45) is 0 Å². The third-order valence-corrected chi connectivity index (χ3v) is 5.63. The Bertz CT molecular complexity index is 1020. The van der Waals surface area contributed by atoms with Crippen molar-refractivity contribution >= 4 is 25.2 Å². The van der Waals surface area contributed by atoms with E-state index < -0.39 is 18.8 Å². The van der Waals surface area contributed by atoms with E-state index >= 15 is 0 Å². The van der Waals surface area contributed by atoms with Crippen LogP contribution in [0.25, 0.3) is 6.08 Å². The van der Waals surface area contributed by atoms with E-state index in [1.165, 1.54) is 11.5 Å². The molecular formula is C26H33BN2O5. The van der Waals surface area contributed by atoms with Crippen molar-refractivity contribution in [3.63, 3.8) is 0 Å². The summed E-state index contributed by atoms with van der Waals surface area (Å²) in [5, 5.41) is 20.8. The van der Waals surface area contributed by atoms with Gasteiger partial charge in [-0.3, -0.25) is 4.79 Å². The van der Waals surface area contributed by atoms with E-state index in [2.05, 4.69) is 17.4 Å². The maximum absolute atomic E-state index is 13.0. The van der Waals surface area contributed by atoms with Crippen LogP contribution < -0.4 is 5.32 Å². The van der Waals surface area contributed by atoms with Crippen LogP contribution in [-0.2, 0) is 11.3 Å². The molecule has 0 spiro atoms. The van der Waals surface area contributed by atoms with Gasteiger partial charge >= 0.3 is 13.2 Å². The predicted octanol–water partition coefficient (Wildman–Crippen LogP) is 3.76. The first-order chi connectivity index (χ1) is 16.1. The molecule has 0 bridgehead atoms. The third kappa shape index (κ3) is 7.75. The fraction of sp³-hybridized carbons (Fsp3) is 0.385. The van der Waals surface area contributed by atoms with Crippen LogP contribution >= 0.6 is 0 Å². The number of rotatable bonds is 6. The summed E-state index contributed by atoms with van der Waals surface area (Å²) < 4.78 is 5.29. The first-order valence-electron chi connectivity index (χ1n) is 11.6. The molecule has 180 valence electrons. The number of nitrogens with one attached hydrogen (secondary N) is 1. The summed E-state index contributed by atoms with van der Waals surface area (Å²) in [6, 6.07) is 15.3. The van der Waals surface area contributed by atoms with Crippen molar-refractivity contribution in [1.82, 2.24) is 10.2 Å². The van der Waals surface area contributed by atoms with Gasteiger partial charge in [0.15, 0.2) is 0 Å². The van der Waals surface area contributed by atoms with E-state index in [0.29, 0.717) is 31.1 Å². The molecule has 0 unspecified atom stereocenters. The number of alkyl carbamates (subject to hydrolysis) is 1. The van der Waals surface area contributed by atoms with Gasteiger partial charge in [0.2, 0.25) is 0 Å². The number of carbonyl (C=O) groups excluding carboxylic acids is 2. The fourth-order valence-electron chi connectivity index (χ4n) is 4.02. The van der Waals surface area contributed by atoms with Gasteiger partial charge in [-0.2, -0.15) is 0 Å². The van der Waals surface area contributed by atoms with Crippen molar-refractivity contribution < 1.29 is 24.4 Å². The van der Waals surface area contributed by atoms with Crippen LogP contribution in [0.4, 0.5) is 4.79 Å². The van der Waals surface area contributed by atoms with Crippen LogP contribution in [0.1, 0.15) is 66.6 Å². The second kappa shape index (κ2) is 11.4. The van der Waals surface area contributed by atoms with Crippen LogP contribution in [0.15, 0.2) is 54.5 Å². The zero-order chi connectivity index (χ0) is 24.7. The maximum atomic E-state index is 13.0. The average molecular weight is 464 g/mol. The number of amides is 2. The van der Waals surface area contributed by atoms with E-state index in [1.807, 2.05) is 43.9 Å². The minimum Gasteiger partial charge on any atom is -0.444 e. The van der Waals surface area contributed by atoms with E-state index in [0.717, 1.165) is 24.0 Å². The molecule has 3 rings (SSSR count). The Balaban J connectivity index is 1.56. The lowest BCUT2D eigenvalue weighted by Gasteiger charge is -2.32. The van der Waals surface area contributed by atoms with E-state index in [1.54, 1.807) is 24.3 Å². The van der Waals surface area contributed by atoms with Crippen LogP contribution in [0.3, 0.4) is 0 Å². The van der Waals surface area contributed by atoms with Crippen molar-refractivity contribution in [3.05, 3.63) is 76.8 Å². The summed E-state index contributed by atoms with van der Waals surface area (Å²) >= 11 is 0. The number of hydrogen-bond donors (Lipinski definition) is 3. The Morgan fingerprint density at radius 2 is 1.82 bits per heavy atom. The molecule has 0 aliphatic carbocycles. The fourth-order valence-corrected chi connectivity index (χ4v) is 4.02. The lowest BCUT2D eigenvalue weighted by atomic mass is 9.88. The van der Waals surface area contributed by atoms with Gasteiger partial charge in [0, 0.05) is 25.2 Å². The Kier molecular flexibility index (Phi) is 8.53. The minimum atomic E-state index is -1.52. The maximum Gasteiger partial charge on any atom is 0.480 e. The van der Waals surface area contributed by atoms with Gasteiger partial charge in [0.05, 0.1) is 0 Å². The minimum absolute atomic E-state index is 0.0199. The van der Waals surface area contributed by atoms with Crippen molar-refractivity contribution in [2.45, 2.75) is 51.7 Å². The summed E-state index contributed by atoms with van der Waals surface area (Å²) in [5.74, 6) is 1.59. The van der Waals surface area contributed by atoms with Crippen molar-refractivity contribution in [2.75, 3.05) is 13.1 Å². The molecular weight excluding hydrogens is 431 g/mol. The smallest absolute Gasteiger partial charge is 0.444 e. The van der Waals surface area contributed by atoms with Crippen LogP contribution in [0.2, 0.25) is 0 Å². The van der Waals surface area contributed by atoms with Crippen LogP contribution in [0.5, 0.6) is 0 Å². The number of nitrogens with zero attached hydrogens (tertiary/aromatic N) is 1. The highest BCUT2D eigenvalue weighted by atomic mass is 16.6. The topological polar surface area (TPSA) is 99.1 Å². The molecule has 0 radical (unpaired) electrons. The lowest BCUT2D eigenvalue weighted by molar-refractivity contribution is 0.0523. The molecule has 1 saturated heterocycles. The SMILES string of the molecule is CC(C)(C)OC(=O)NCc1cccc(C2CCN(C(=O)c3cccc(/C=C/B(O)O)c3)CC2)c1. The molecule has 0 atom stereocenters. The summed E-state index contributed by atoms with van der Waals surface area (Å²) in [5.41, 5.74) is 3.02. The second-order valence-corrected chi connectivity index (χ2v) is 9.57. The molecule has 1 fully saturated rings. The normalized spacial score (nSPS) is 14.8. The quantitative estimate of drug-likeness (QED) is 0.566. The molecule has 34 heavy (non-hydrogen) atoms. The number of piperidine rings is 1. The van der Waals surface area contributed by atoms with Gasteiger partial charge in [-0.05, 0) is 68.4 Å². The highest BCUT2D eigenvalue weighted by Crippen LogP contribution is 2.29. The zero-order valence-corrected chi connectivity index (χ0v) is 20.0. The van der Waals surface area contributed by atoms with Gasteiger partial charge in [-0.25, -0.2) is 4.79 Å². The standard InChI is InChI=1S/C26H33BN2O5/c1-26(2,3)34-25(31)28-18-20-7-5-8-22(17-20)21-11-14-29(15-12-21)24(30)23-9-4-6-19(16-23)10-13-27(32)33/h4-10,13,16-17,21,32-33H,11-12,14-15,18H2,1-3H3,(H,28,31)/b13-10+. The summed E-state index contributed by atoms with van der Waals surface area (Å²) in [4.78, 5) is 26.8. The molecule has 2 aromatic carbocycles. The molecule has 3 N–H and O–H groups in total. The molecule has 8 heteroatoms. The Labute approximate surface area is 201 Å². The molecule has 0 aromatic heterocycles. The Hall–Kier alpha value is -3.10. The van der Waals surface area contributed by atoms with Gasteiger partial charge in [0.25, 0.3) is 5.91 Å². The number of benzene rings is 2. The summed E-state index contributed by atoms with van der Waals surface area (Å²) in [6.07, 6.45) is 2.88. The number of ether oxygens (including phenoxy) is 1. The largest absolute Gasteiger partial charge is 0.480 e.